The zero-order valence-electron chi connectivity index (χ0n) is 27.9. The van der Waals surface area contributed by atoms with Crippen molar-refractivity contribution in [3.05, 3.63) is 76.9 Å². The number of aromatic nitrogens is 1. The van der Waals surface area contributed by atoms with Crippen LogP contribution in [-0.4, -0.2) is 42.4 Å². The van der Waals surface area contributed by atoms with Crippen LogP contribution in [0, 0.1) is 29.5 Å². The SMILES string of the molecule is Cc1nc(C#N)c(-c2ccc(OCCc3ccc(F)cc3)cc2)c(N2CCC(C)(C)CC2)c1C(OC(C)(C)C)C(=O)OC(C)C. The quantitative estimate of drug-likeness (QED) is 0.213. The van der Waals surface area contributed by atoms with Gasteiger partial charge in [-0.2, -0.15) is 5.26 Å². The minimum atomic E-state index is -1.04. The Labute approximate surface area is 267 Å². The largest absolute Gasteiger partial charge is 0.493 e. The summed E-state index contributed by atoms with van der Waals surface area (Å²) in [6, 6.07) is 16.3. The number of pyridine rings is 1. The molecule has 3 aromatic rings. The molecule has 1 aromatic heterocycles. The van der Waals surface area contributed by atoms with Crippen LogP contribution in [0.2, 0.25) is 0 Å². The van der Waals surface area contributed by atoms with E-state index in [1.165, 1.54) is 12.1 Å². The Bertz CT molecular complexity index is 1510. The molecule has 1 saturated heterocycles. The van der Waals surface area contributed by atoms with E-state index < -0.39 is 17.7 Å². The van der Waals surface area contributed by atoms with Crippen molar-refractivity contribution in [1.29, 1.82) is 5.26 Å². The lowest BCUT2D eigenvalue weighted by atomic mass is 9.81. The van der Waals surface area contributed by atoms with E-state index in [1.54, 1.807) is 12.1 Å². The molecule has 0 bridgehead atoms. The molecule has 45 heavy (non-hydrogen) atoms. The molecule has 0 N–H and O–H groups in total. The summed E-state index contributed by atoms with van der Waals surface area (Å²) >= 11 is 0. The first-order valence-electron chi connectivity index (χ1n) is 15.7. The van der Waals surface area contributed by atoms with Crippen molar-refractivity contribution in [2.75, 3.05) is 24.6 Å². The number of piperidine rings is 1. The summed E-state index contributed by atoms with van der Waals surface area (Å²) < 4.78 is 31.4. The van der Waals surface area contributed by atoms with E-state index in [9.17, 15) is 14.4 Å². The third-order valence-electron chi connectivity index (χ3n) is 7.95. The van der Waals surface area contributed by atoms with Crippen molar-refractivity contribution in [3.8, 4) is 22.9 Å². The molecule has 7 nitrogen and oxygen atoms in total. The van der Waals surface area contributed by atoms with Crippen molar-refractivity contribution < 1.29 is 23.4 Å². The van der Waals surface area contributed by atoms with Crippen LogP contribution in [0.1, 0.15) is 89.9 Å². The Balaban J connectivity index is 1.79. The molecule has 2 aromatic carbocycles. The van der Waals surface area contributed by atoms with Crippen LogP contribution in [0.3, 0.4) is 0 Å². The van der Waals surface area contributed by atoms with Gasteiger partial charge in [-0.15, -0.1) is 0 Å². The molecule has 1 aliphatic rings. The van der Waals surface area contributed by atoms with Gasteiger partial charge in [-0.1, -0.05) is 38.1 Å². The highest BCUT2D eigenvalue weighted by molar-refractivity contribution is 5.89. The topological polar surface area (TPSA) is 84.7 Å². The molecule has 0 spiro atoms. The third-order valence-corrected chi connectivity index (χ3v) is 7.95. The summed E-state index contributed by atoms with van der Waals surface area (Å²) in [7, 11) is 0. The molecule has 2 heterocycles. The Kier molecular flexibility index (Phi) is 10.5. The number of carbonyl (C=O) groups is 1. The van der Waals surface area contributed by atoms with Crippen LogP contribution in [-0.2, 0) is 20.7 Å². The Hall–Kier alpha value is -3.96. The third kappa shape index (κ3) is 8.82. The van der Waals surface area contributed by atoms with Gasteiger partial charge < -0.3 is 19.1 Å². The summed E-state index contributed by atoms with van der Waals surface area (Å²) in [4.78, 5) is 20.7. The van der Waals surface area contributed by atoms with Crippen molar-refractivity contribution in [1.82, 2.24) is 4.98 Å². The van der Waals surface area contributed by atoms with Gasteiger partial charge in [-0.3, -0.25) is 0 Å². The van der Waals surface area contributed by atoms with Gasteiger partial charge in [0.15, 0.2) is 11.8 Å². The Morgan fingerprint density at radius 2 is 1.69 bits per heavy atom. The smallest absolute Gasteiger partial charge is 0.340 e. The molecule has 4 rings (SSSR count). The monoisotopic (exact) mass is 615 g/mol. The van der Waals surface area contributed by atoms with Crippen molar-refractivity contribution in [2.45, 2.75) is 92.5 Å². The zero-order valence-corrected chi connectivity index (χ0v) is 27.9. The molecule has 0 amide bonds. The summed E-state index contributed by atoms with van der Waals surface area (Å²) in [5.41, 5.74) is 4.23. The number of halogens is 1. The van der Waals surface area contributed by atoms with Gasteiger partial charge in [-0.05, 0) is 95.2 Å². The number of esters is 1. The van der Waals surface area contributed by atoms with Crippen LogP contribution >= 0.6 is 0 Å². The van der Waals surface area contributed by atoms with E-state index in [1.807, 2.05) is 65.8 Å². The standard InChI is InChI=1S/C37H46FN3O4/c1-24(2)44-35(42)34(45-36(4,5)6)31-25(3)40-30(23-39)32(33(31)41-20-18-37(7,8)19-21-41)27-11-15-29(16-12-27)43-22-17-26-9-13-28(38)14-10-26/h9-16,24,34H,17-22H2,1-8H3. The number of nitrogens with zero attached hydrogens (tertiary/aromatic N) is 3. The zero-order chi connectivity index (χ0) is 32.9. The summed E-state index contributed by atoms with van der Waals surface area (Å²) in [6.45, 7) is 17.7. The molecule has 8 heteroatoms. The van der Waals surface area contributed by atoms with E-state index in [4.69, 9.17) is 19.2 Å². The minimum Gasteiger partial charge on any atom is -0.493 e. The lowest BCUT2D eigenvalue weighted by molar-refractivity contribution is -0.171. The Morgan fingerprint density at radius 3 is 2.24 bits per heavy atom. The van der Waals surface area contributed by atoms with E-state index in [0.717, 1.165) is 42.7 Å². The van der Waals surface area contributed by atoms with Gasteiger partial charge >= 0.3 is 5.97 Å². The number of carbonyl (C=O) groups excluding carboxylic acids is 1. The normalized spacial score (nSPS) is 15.4. The number of hydrogen-bond acceptors (Lipinski definition) is 7. The second-order valence-corrected chi connectivity index (χ2v) is 13.8. The molecule has 0 saturated carbocycles. The van der Waals surface area contributed by atoms with Crippen LogP contribution < -0.4 is 9.64 Å². The van der Waals surface area contributed by atoms with Crippen LogP contribution in [0.5, 0.6) is 5.75 Å². The van der Waals surface area contributed by atoms with E-state index >= 15 is 0 Å². The second-order valence-electron chi connectivity index (χ2n) is 13.8. The second kappa shape index (κ2) is 14.0. The highest BCUT2D eigenvalue weighted by Gasteiger charge is 2.38. The van der Waals surface area contributed by atoms with Crippen molar-refractivity contribution in [2.24, 2.45) is 5.41 Å². The number of benzene rings is 2. The molecule has 1 atom stereocenters. The first-order chi connectivity index (χ1) is 21.2. The fourth-order valence-corrected chi connectivity index (χ4v) is 5.56. The number of anilines is 1. The van der Waals surface area contributed by atoms with Gasteiger partial charge in [0, 0.05) is 36.3 Å². The van der Waals surface area contributed by atoms with E-state index in [0.29, 0.717) is 35.6 Å². The molecule has 1 aliphatic heterocycles. The maximum atomic E-state index is 13.7. The van der Waals surface area contributed by atoms with Gasteiger partial charge in [0.25, 0.3) is 0 Å². The van der Waals surface area contributed by atoms with Crippen LogP contribution in [0.15, 0.2) is 48.5 Å². The maximum Gasteiger partial charge on any atom is 0.340 e. The van der Waals surface area contributed by atoms with E-state index in [-0.39, 0.29) is 23.0 Å². The number of nitriles is 1. The minimum absolute atomic E-state index is 0.182. The first kappa shape index (κ1) is 33.9. The fourth-order valence-electron chi connectivity index (χ4n) is 5.56. The molecule has 240 valence electrons. The maximum absolute atomic E-state index is 13.7. The lowest BCUT2D eigenvalue weighted by Crippen LogP contribution is -2.39. The summed E-state index contributed by atoms with van der Waals surface area (Å²) in [5, 5.41) is 10.3. The molecule has 0 aliphatic carbocycles. The molecular weight excluding hydrogens is 569 g/mol. The number of aryl methyl sites for hydroxylation is 1. The fraction of sp³-hybridized carbons (Fsp3) is 0.486. The first-order valence-corrected chi connectivity index (χ1v) is 15.7. The van der Waals surface area contributed by atoms with Crippen LogP contribution in [0.25, 0.3) is 11.1 Å². The average molecular weight is 616 g/mol. The predicted octanol–water partition coefficient (Wildman–Crippen LogP) is 8.12. The molecular formula is C37H46FN3O4. The van der Waals surface area contributed by atoms with Crippen molar-refractivity contribution in [3.63, 3.8) is 0 Å². The highest BCUT2D eigenvalue weighted by Crippen LogP contribution is 2.45. The Morgan fingerprint density at radius 1 is 1.07 bits per heavy atom. The van der Waals surface area contributed by atoms with Gasteiger partial charge in [0.2, 0.25) is 0 Å². The highest BCUT2D eigenvalue weighted by atomic mass is 19.1. The van der Waals surface area contributed by atoms with Gasteiger partial charge in [0.05, 0.1) is 24.0 Å². The molecule has 0 radical (unpaired) electrons. The average Bonchev–Trinajstić information content (AvgIpc) is 2.96. The number of rotatable bonds is 10. The van der Waals surface area contributed by atoms with Crippen LogP contribution in [0.4, 0.5) is 10.1 Å². The predicted molar refractivity (Wildman–Crippen MR) is 175 cm³/mol. The number of ether oxygens (including phenoxy) is 3. The van der Waals surface area contributed by atoms with E-state index in [2.05, 4.69) is 24.8 Å². The summed E-state index contributed by atoms with van der Waals surface area (Å²) in [5.74, 6) is -0.0687. The number of hydrogen-bond donors (Lipinski definition) is 0. The lowest BCUT2D eigenvalue weighted by Gasteiger charge is -2.41. The van der Waals surface area contributed by atoms with Gasteiger partial charge in [-0.25, -0.2) is 14.2 Å². The molecule has 1 unspecified atom stereocenters. The summed E-state index contributed by atoms with van der Waals surface area (Å²) in [6.07, 6.45) is 1.19. The van der Waals surface area contributed by atoms with Crippen molar-refractivity contribution >= 4 is 11.7 Å². The van der Waals surface area contributed by atoms with Gasteiger partial charge in [0.1, 0.15) is 17.6 Å². The molecule has 1 fully saturated rings.